The van der Waals surface area contributed by atoms with Gasteiger partial charge in [0.25, 0.3) is 0 Å². The van der Waals surface area contributed by atoms with Crippen LogP contribution in [0, 0.1) is 0 Å². The first-order valence-electron chi connectivity index (χ1n) is 44.1. The summed E-state index contributed by atoms with van der Waals surface area (Å²) >= 11 is 0. The summed E-state index contributed by atoms with van der Waals surface area (Å²) in [6.45, 7) is 15.5. The van der Waals surface area contributed by atoms with E-state index in [-0.39, 0.29) is 0 Å². The minimum Gasteiger partial charge on any atom is -0.0985 e. The number of fused-ring (bicyclic) bond motifs is 14. The Labute approximate surface area is 747 Å². The molecule has 0 heteroatoms. The third kappa shape index (κ3) is 12.7. The van der Waals surface area contributed by atoms with Gasteiger partial charge in [0, 0.05) is 0 Å². The van der Waals surface area contributed by atoms with Crippen LogP contribution in [0.15, 0.2) is 463 Å². The van der Waals surface area contributed by atoms with Crippen LogP contribution in [0.5, 0.6) is 0 Å². The smallest absolute Gasteiger partial charge is 0.000741 e. The molecule has 0 heterocycles. The first kappa shape index (κ1) is 76.3. The van der Waals surface area contributed by atoms with E-state index in [0.29, 0.717) is 0 Å². The van der Waals surface area contributed by atoms with Crippen LogP contribution in [0.4, 0.5) is 0 Å². The number of hydrogen-bond acceptors (Lipinski definition) is 0. The van der Waals surface area contributed by atoms with Gasteiger partial charge in [0.05, 0.1) is 0 Å². The van der Waals surface area contributed by atoms with Crippen molar-refractivity contribution in [3.05, 3.63) is 485 Å². The van der Waals surface area contributed by atoms with Crippen LogP contribution in [-0.4, -0.2) is 0 Å². The van der Waals surface area contributed by atoms with Crippen molar-refractivity contribution in [2.45, 2.75) is 0 Å². The first-order chi connectivity index (χ1) is 63.4. The lowest BCUT2D eigenvalue weighted by Gasteiger charge is -2.20. The molecule has 0 saturated heterocycles. The lowest BCUT2D eigenvalue weighted by molar-refractivity contribution is 1.59. The van der Waals surface area contributed by atoms with Gasteiger partial charge in [0.15, 0.2) is 0 Å². The fourth-order valence-electron chi connectivity index (χ4n) is 20.9. The Kier molecular flexibility index (Phi) is 19.0. The number of benzene rings is 22. The number of hydrogen-bond donors (Lipinski definition) is 0. The zero-order chi connectivity index (χ0) is 85.5. The highest BCUT2D eigenvalue weighted by Gasteiger charge is 2.34. The summed E-state index contributed by atoms with van der Waals surface area (Å²) in [6, 6.07) is 159. The molecule has 0 spiro atoms. The molecule has 0 unspecified atom stereocenters. The van der Waals surface area contributed by atoms with Crippen LogP contribution < -0.4 is 0 Å². The largest absolute Gasteiger partial charge is 0.0985 e. The van der Waals surface area contributed by atoms with E-state index in [1.54, 1.807) is 0 Å². The molecule has 128 heavy (non-hydrogen) atoms. The van der Waals surface area contributed by atoms with Gasteiger partial charge in [0.2, 0.25) is 0 Å². The average molecular weight is 1620 g/mol. The lowest BCUT2D eigenvalue weighted by atomic mass is 9.82. The highest BCUT2D eigenvalue weighted by molar-refractivity contribution is 6.30. The fourth-order valence-corrected chi connectivity index (χ4v) is 20.9. The molecule has 0 N–H and O–H groups in total. The van der Waals surface area contributed by atoms with E-state index in [9.17, 15) is 0 Å². The Morgan fingerprint density at radius 3 is 0.695 bits per heavy atom. The molecule has 22 aromatic carbocycles. The van der Waals surface area contributed by atoms with Gasteiger partial charge in [-0.2, -0.15) is 0 Å². The average Bonchev–Trinajstić information content (AvgIpc) is 1.53. The molecule has 4 aliphatic carbocycles. The molecule has 0 radical (unpaired) electrons. The zero-order valence-electron chi connectivity index (χ0n) is 70.7. The summed E-state index contributed by atoms with van der Waals surface area (Å²) in [5.74, 6) is 0. The van der Waals surface area contributed by atoms with Gasteiger partial charge in [-0.15, -0.1) is 0 Å². The maximum atomic E-state index is 3.93. The summed E-state index contributed by atoms with van der Waals surface area (Å²) in [6.07, 6.45) is 7.56. The maximum Gasteiger partial charge on any atom is -0.000741 e. The van der Waals surface area contributed by atoms with Gasteiger partial charge in [0.1, 0.15) is 0 Å². The number of rotatable bonds is 12. The Hall–Kier alpha value is -16.6. The molecule has 0 nitrogen and oxygen atoms in total. The van der Waals surface area contributed by atoms with Crippen molar-refractivity contribution in [1.82, 2.24) is 0 Å². The van der Waals surface area contributed by atoms with E-state index in [4.69, 9.17) is 0 Å². The molecule has 0 bridgehead atoms. The second kappa shape index (κ2) is 31.9. The zero-order valence-corrected chi connectivity index (χ0v) is 70.7. The van der Waals surface area contributed by atoms with Crippen LogP contribution >= 0.6 is 0 Å². The van der Waals surface area contributed by atoms with Crippen molar-refractivity contribution in [1.29, 1.82) is 0 Å². The van der Waals surface area contributed by atoms with Crippen LogP contribution in [-0.2, 0) is 0 Å². The van der Waals surface area contributed by atoms with E-state index in [0.717, 1.165) is 22.3 Å². The molecule has 0 aliphatic heterocycles. The van der Waals surface area contributed by atoms with Gasteiger partial charge in [-0.3, -0.25) is 0 Å². The molecule has 0 atom stereocenters. The highest BCUT2D eigenvalue weighted by atomic mass is 14.4. The van der Waals surface area contributed by atoms with Crippen molar-refractivity contribution in [3.8, 4) is 178 Å². The molecule has 0 saturated carbocycles. The monoisotopic (exact) mass is 1620 g/mol. The molecule has 22 aromatic rings. The van der Waals surface area contributed by atoms with E-state index in [1.807, 2.05) is 24.3 Å². The van der Waals surface area contributed by atoms with Gasteiger partial charge in [-0.1, -0.05) is 475 Å². The normalized spacial score (nSPS) is 11.6. The predicted octanol–water partition coefficient (Wildman–Crippen LogP) is 36.2. The fraction of sp³-hybridized carbons (Fsp3) is 0. The van der Waals surface area contributed by atoms with E-state index >= 15 is 0 Å². The molecule has 0 aromatic heterocycles. The quantitative estimate of drug-likeness (QED) is 0.114. The van der Waals surface area contributed by atoms with E-state index in [2.05, 4.69) is 463 Å². The van der Waals surface area contributed by atoms with Gasteiger partial charge in [-0.05, 0) is 277 Å². The molecular weight excluding hydrogens is 1540 g/mol. The Morgan fingerprint density at radius 1 is 0.125 bits per heavy atom. The second-order valence-corrected chi connectivity index (χ2v) is 33.6. The van der Waals surface area contributed by atoms with Crippen molar-refractivity contribution in [2.24, 2.45) is 0 Å². The molecule has 26 rings (SSSR count). The molecule has 0 amide bonds. The van der Waals surface area contributed by atoms with Crippen molar-refractivity contribution in [2.75, 3.05) is 0 Å². The maximum absolute atomic E-state index is 3.93. The summed E-state index contributed by atoms with van der Waals surface area (Å²) in [5, 5.41) is 15.8. The third-order valence-electron chi connectivity index (χ3n) is 26.8. The minimum atomic E-state index is 1.13. The Bertz CT molecular complexity index is 8030. The van der Waals surface area contributed by atoms with Crippen molar-refractivity contribution in [3.63, 3.8) is 0 Å². The predicted molar refractivity (Wildman–Crippen MR) is 552 cm³/mol. The summed E-state index contributed by atoms with van der Waals surface area (Å²) in [4.78, 5) is 0. The summed E-state index contributed by atoms with van der Waals surface area (Å²) in [7, 11) is 0. The van der Waals surface area contributed by atoms with E-state index < -0.39 is 0 Å². The summed E-state index contributed by atoms with van der Waals surface area (Å²) < 4.78 is 0. The SMILES string of the molecule is C=Cc1ccc(-c2ccc3c4c(cccc24)-c2c(-c4ccccc4)ccc(-c4ccccc4)c2-3)cc1.C=Cc1ccc(-c2ccc3c4c(cccc24)-c2c-3c(-c3ccccc3)c3ccccc3c2-c2ccccc2)cc1.C=Cc1ccc(-c2ccc3c4c(cccc24)-c2cc4ccccc4cc2-3)cc1.C=Cc1ccc(-c2ccc3c4c(cccc24)-c2ccccc2-3)cc1. The first-order valence-corrected chi connectivity index (χ1v) is 44.1. The van der Waals surface area contributed by atoms with Crippen LogP contribution in [0.25, 0.3) is 267 Å². The second-order valence-electron chi connectivity index (χ2n) is 33.6. The minimum absolute atomic E-state index is 1.13. The van der Waals surface area contributed by atoms with Gasteiger partial charge < -0.3 is 0 Å². The standard InChI is InChI=1S/C40H26.C36H24.C28H18.C24H16/c1-2-26-20-22-27(23-21-26)30-24-25-35-38-31(30)18-11-19-34(38)39-36(28-12-5-3-6-13-28)32-16-9-10-17-33(32)37(40(35)39)29-14-7-4-8-15-29;1-2-24-16-18-27(19-17-24)28-20-23-33-34-31(28)14-9-15-32(34)35-29(25-10-5-3-6-11-25)21-22-30(36(33)35)26-12-7-4-8-13-26;1-2-18-10-12-19(13-11-18)22-14-15-25-27-17-21-7-4-3-6-20(21)16-26(27)24-9-5-8-23(22)28(24)25;1-2-16-10-12-17(13-11-16)18-14-15-23-20-7-4-3-6-19(20)22-9-5-8-21(18)24(22)23/h2-25H,1H2;2-23H,1H2;2-17H,1H2;2-15H,1H2. The third-order valence-corrected chi connectivity index (χ3v) is 26.8. The van der Waals surface area contributed by atoms with Gasteiger partial charge in [-0.25, -0.2) is 0 Å². The topological polar surface area (TPSA) is 0 Å². The molecule has 4 aliphatic rings. The van der Waals surface area contributed by atoms with Crippen LogP contribution in [0.3, 0.4) is 0 Å². The van der Waals surface area contributed by atoms with Crippen LogP contribution in [0.1, 0.15) is 22.3 Å². The molecule has 596 valence electrons. The van der Waals surface area contributed by atoms with Crippen molar-refractivity contribution >= 4 is 88.9 Å². The highest BCUT2D eigenvalue weighted by Crippen LogP contribution is 2.61. The Balaban J connectivity index is 0.0000000994. The van der Waals surface area contributed by atoms with Crippen molar-refractivity contribution < 1.29 is 0 Å². The van der Waals surface area contributed by atoms with E-state index in [1.165, 1.54) is 243 Å². The lowest BCUT2D eigenvalue weighted by Crippen LogP contribution is -1.93. The molecular formula is C128H84. The summed E-state index contributed by atoms with van der Waals surface area (Å²) in [5.41, 5.74) is 46.2. The Morgan fingerprint density at radius 2 is 0.344 bits per heavy atom. The van der Waals surface area contributed by atoms with Gasteiger partial charge >= 0.3 is 0 Å². The molecule has 0 fully saturated rings. The van der Waals surface area contributed by atoms with Crippen LogP contribution in [0.2, 0.25) is 0 Å².